The second-order valence-electron chi connectivity index (χ2n) is 5.76. The fourth-order valence-electron chi connectivity index (χ4n) is 2.81. The highest BCUT2D eigenvalue weighted by molar-refractivity contribution is 9.10. The fraction of sp³-hybridized carbons (Fsp3) is 0.533. The Morgan fingerprint density at radius 1 is 1.25 bits per heavy atom. The van der Waals surface area contributed by atoms with Gasteiger partial charge < -0.3 is 10.6 Å². The average Bonchev–Trinajstić information content (AvgIpc) is 3.23. The molecule has 108 valence electrons. The molecule has 3 nitrogen and oxygen atoms in total. The van der Waals surface area contributed by atoms with Crippen molar-refractivity contribution in [2.75, 3.05) is 37.6 Å². The lowest BCUT2D eigenvalue weighted by molar-refractivity contribution is 0.248. The summed E-state index contributed by atoms with van der Waals surface area (Å²) in [5.74, 6) is 0.972. The monoisotopic (exact) mass is 353 g/mol. The first kappa shape index (κ1) is 14.3. The maximum atomic E-state index is 5.85. The van der Waals surface area contributed by atoms with Crippen LogP contribution in [0.2, 0.25) is 0 Å². The average molecular weight is 354 g/mol. The van der Waals surface area contributed by atoms with Gasteiger partial charge in [-0.15, -0.1) is 0 Å². The van der Waals surface area contributed by atoms with Gasteiger partial charge in [0.25, 0.3) is 0 Å². The molecule has 2 N–H and O–H groups in total. The van der Waals surface area contributed by atoms with Crippen LogP contribution >= 0.6 is 28.1 Å². The van der Waals surface area contributed by atoms with Crippen LogP contribution in [0.4, 0.5) is 5.69 Å². The Bertz CT molecular complexity index is 508. The van der Waals surface area contributed by atoms with Crippen LogP contribution in [0.25, 0.3) is 0 Å². The fourth-order valence-corrected chi connectivity index (χ4v) is 3.33. The molecule has 0 amide bonds. The molecule has 1 heterocycles. The maximum absolute atomic E-state index is 5.85. The van der Waals surface area contributed by atoms with Gasteiger partial charge in [-0.2, -0.15) is 0 Å². The molecular formula is C15H20BrN3S. The molecule has 2 aliphatic rings. The summed E-state index contributed by atoms with van der Waals surface area (Å²) in [6.07, 6.45) is 2.86. The predicted molar refractivity (Wildman–Crippen MR) is 91.4 cm³/mol. The molecule has 20 heavy (non-hydrogen) atoms. The van der Waals surface area contributed by atoms with Crippen molar-refractivity contribution < 1.29 is 0 Å². The van der Waals surface area contributed by atoms with Crippen LogP contribution in [0, 0.1) is 5.92 Å². The molecule has 0 unspecified atom stereocenters. The van der Waals surface area contributed by atoms with E-state index < -0.39 is 0 Å². The first-order chi connectivity index (χ1) is 9.63. The third-order valence-corrected chi connectivity index (χ3v) is 4.86. The highest BCUT2D eigenvalue weighted by Gasteiger charge is 2.27. The highest BCUT2D eigenvalue weighted by atomic mass is 79.9. The molecule has 5 heteroatoms. The number of piperazine rings is 1. The molecule has 3 rings (SSSR count). The zero-order valence-electron chi connectivity index (χ0n) is 11.5. The Balaban J connectivity index is 1.70. The Morgan fingerprint density at radius 2 is 1.95 bits per heavy atom. The molecule has 1 saturated heterocycles. The molecule has 1 aliphatic heterocycles. The van der Waals surface area contributed by atoms with Crippen LogP contribution in [-0.4, -0.2) is 42.6 Å². The van der Waals surface area contributed by atoms with Gasteiger partial charge in [-0.3, -0.25) is 4.90 Å². The number of anilines is 1. The van der Waals surface area contributed by atoms with E-state index in [0.717, 1.165) is 47.8 Å². The van der Waals surface area contributed by atoms with Gasteiger partial charge in [0.05, 0.1) is 0 Å². The molecule has 0 bridgehead atoms. The van der Waals surface area contributed by atoms with Crippen LogP contribution in [0.3, 0.4) is 0 Å². The Hall–Kier alpha value is -0.650. The molecule has 1 saturated carbocycles. The third kappa shape index (κ3) is 3.32. The SMILES string of the molecule is NC(=S)c1ccc(Br)cc1N1CCN(CC2CC2)CC1. The smallest absolute Gasteiger partial charge is 0.106 e. The molecule has 0 spiro atoms. The van der Waals surface area contributed by atoms with E-state index in [2.05, 4.69) is 31.8 Å². The van der Waals surface area contributed by atoms with E-state index in [-0.39, 0.29) is 0 Å². The molecule has 2 fully saturated rings. The predicted octanol–water partition coefficient (Wildman–Crippen LogP) is 2.62. The molecule has 1 aliphatic carbocycles. The van der Waals surface area contributed by atoms with Crippen molar-refractivity contribution in [3.8, 4) is 0 Å². The van der Waals surface area contributed by atoms with Gasteiger partial charge in [-0.05, 0) is 37.0 Å². The first-order valence-electron chi connectivity index (χ1n) is 7.20. The van der Waals surface area contributed by atoms with Crippen LogP contribution in [0.5, 0.6) is 0 Å². The quantitative estimate of drug-likeness (QED) is 0.843. The van der Waals surface area contributed by atoms with Crippen molar-refractivity contribution >= 4 is 38.8 Å². The van der Waals surface area contributed by atoms with Gasteiger partial charge in [-0.25, -0.2) is 0 Å². The van der Waals surface area contributed by atoms with Gasteiger partial charge in [0.1, 0.15) is 4.99 Å². The second kappa shape index (κ2) is 6.00. The standard InChI is InChI=1S/C15H20BrN3S/c16-12-3-4-13(15(17)20)14(9-12)19-7-5-18(6-8-19)10-11-1-2-11/h3-4,9,11H,1-2,5-8,10H2,(H2,17,20). The van der Waals surface area contributed by atoms with Crippen molar-refractivity contribution in [3.05, 3.63) is 28.2 Å². The van der Waals surface area contributed by atoms with Crippen molar-refractivity contribution in [1.29, 1.82) is 0 Å². The summed E-state index contributed by atoms with van der Waals surface area (Å²) >= 11 is 8.72. The van der Waals surface area contributed by atoms with Gasteiger partial charge in [0.15, 0.2) is 0 Å². The van der Waals surface area contributed by atoms with E-state index in [9.17, 15) is 0 Å². The van der Waals surface area contributed by atoms with Crippen molar-refractivity contribution in [3.63, 3.8) is 0 Å². The van der Waals surface area contributed by atoms with Crippen LogP contribution < -0.4 is 10.6 Å². The van der Waals surface area contributed by atoms with Crippen molar-refractivity contribution in [2.45, 2.75) is 12.8 Å². The Morgan fingerprint density at radius 3 is 2.55 bits per heavy atom. The van der Waals surface area contributed by atoms with Gasteiger partial charge in [0.2, 0.25) is 0 Å². The number of nitrogens with two attached hydrogens (primary N) is 1. The van der Waals surface area contributed by atoms with E-state index in [4.69, 9.17) is 18.0 Å². The summed E-state index contributed by atoms with van der Waals surface area (Å²) in [4.78, 5) is 5.47. The summed E-state index contributed by atoms with van der Waals surface area (Å²) < 4.78 is 1.08. The zero-order chi connectivity index (χ0) is 14.1. The molecule has 1 aromatic rings. The minimum atomic E-state index is 0.480. The Kier molecular flexibility index (Phi) is 4.29. The van der Waals surface area contributed by atoms with Gasteiger partial charge in [-0.1, -0.05) is 28.1 Å². The number of benzene rings is 1. The van der Waals surface area contributed by atoms with Crippen LogP contribution in [0.1, 0.15) is 18.4 Å². The summed E-state index contributed by atoms with van der Waals surface area (Å²) in [6.45, 7) is 5.67. The van der Waals surface area contributed by atoms with E-state index >= 15 is 0 Å². The number of halogens is 1. The summed E-state index contributed by atoms with van der Waals surface area (Å²) in [5.41, 5.74) is 8.00. The highest BCUT2D eigenvalue weighted by Crippen LogP contribution is 2.31. The number of rotatable bonds is 4. The summed E-state index contributed by atoms with van der Waals surface area (Å²) in [7, 11) is 0. The third-order valence-electron chi connectivity index (χ3n) is 4.15. The molecule has 0 radical (unpaired) electrons. The minimum Gasteiger partial charge on any atom is -0.389 e. The zero-order valence-corrected chi connectivity index (χ0v) is 13.9. The molecule has 0 aromatic heterocycles. The summed E-state index contributed by atoms with van der Waals surface area (Å²) in [6, 6.07) is 6.14. The molecule has 0 atom stereocenters. The van der Waals surface area contributed by atoms with Gasteiger partial charge in [0, 0.05) is 48.4 Å². The number of hydrogen-bond acceptors (Lipinski definition) is 3. The van der Waals surface area contributed by atoms with E-state index in [1.54, 1.807) is 0 Å². The van der Waals surface area contributed by atoms with E-state index in [0.29, 0.717) is 4.99 Å². The van der Waals surface area contributed by atoms with Crippen LogP contribution in [-0.2, 0) is 0 Å². The largest absolute Gasteiger partial charge is 0.389 e. The van der Waals surface area contributed by atoms with Crippen molar-refractivity contribution in [2.24, 2.45) is 11.7 Å². The first-order valence-corrected chi connectivity index (χ1v) is 8.40. The van der Waals surface area contributed by atoms with Crippen LogP contribution in [0.15, 0.2) is 22.7 Å². The lowest BCUT2D eigenvalue weighted by Gasteiger charge is -2.37. The number of hydrogen-bond donors (Lipinski definition) is 1. The normalized spacial score (nSPS) is 20.1. The summed E-state index contributed by atoms with van der Waals surface area (Å²) in [5, 5.41) is 0. The number of thiocarbonyl (C=S) groups is 1. The van der Waals surface area contributed by atoms with E-state index in [1.807, 2.05) is 12.1 Å². The van der Waals surface area contributed by atoms with Gasteiger partial charge >= 0.3 is 0 Å². The maximum Gasteiger partial charge on any atom is 0.106 e. The van der Waals surface area contributed by atoms with Crippen molar-refractivity contribution in [1.82, 2.24) is 4.90 Å². The topological polar surface area (TPSA) is 32.5 Å². The second-order valence-corrected chi connectivity index (χ2v) is 7.11. The minimum absolute atomic E-state index is 0.480. The van der Waals surface area contributed by atoms with E-state index in [1.165, 1.54) is 19.4 Å². The molecular weight excluding hydrogens is 334 g/mol. The molecule has 1 aromatic carbocycles. The Labute approximate surface area is 134 Å². The number of nitrogens with zero attached hydrogens (tertiary/aromatic N) is 2. The lowest BCUT2D eigenvalue weighted by atomic mass is 10.1. The lowest BCUT2D eigenvalue weighted by Crippen LogP contribution is -2.47.